The van der Waals surface area contributed by atoms with Crippen molar-refractivity contribution in [3.8, 4) is 0 Å². The second-order valence-electron chi connectivity index (χ2n) is 5.69. The van der Waals surface area contributed by atoms with Gasteiger partial charge >= 0.3 is 0 Å². The van der Waals surface area contributed by atoms with Crippen molar-refractivity contribution in [2.75, 3.05) is 19.5 Å². The van der Waals surface area contributed by atoms with E-state index in [1.54, 1.807) is 14.2 Å². The smallest absolute Gasteiger partial charge is 0.0351 e. The molecule has 0 aliphatic heterocycles. The van der Waals surface area contributed by atoms with Gasteiger partial charge in [-0.05, 0) is 6.42 Å². The highest BCUT2D eigenvalue weighted by Crippen LogP contribution is 2.12. The molecule has 0 amide bonds. The maximum Gasteiger partial charge on any atom is 0.0351 e. The molecular formula is C18H42BrNO. The third-order valence-corrected chi connectivity index (χ3v) is 4.05. The first-order valence-electron chi connectivity index (χ1n) is 8.79. The number of hydrogen-bond donors (Lipinski definition) is 1. The van der Waals surface area contributed by atoms with E-state index in [0.29, 0.717) is 0 Å². The van der Waals surface area contributed by atoms with Crippen LogP contribution < -0.4 is 6.15 Å². The Labute approximate surface area is 143 Å². The van der Waals surface area contributed by atoms with Crippen LogP contribution in [0.4, 0.5) is 0 Å². The van der Waals surface area contributed by atoms with Crippen LogP contribution in [0.25, 0.3) is 0 Å². The molecule has 0 aliphatic rings. The zero-order valence-electron chi connectivity index (χ0n) is 15.1. The summed E-state index contributed by atoms with van der Waals surface area (Å²) in [5.41, 5.74) is 0. The summed E-state index contributed by atoms with van der Waals surface area (Å²) in [6.45, 7) is 2.29. The van der Waals surface area contributed by atoms with E-state index < -0.39 is 0 Å². The van der Waals surface area contributed by atoms with Crippen LogP contribution in [0.1, 0.15) is 96.8 Å². The van der Waals surface area contributed by atoms with Gasteiger partial charge in [-0.3, -0.25) is 0 Å². The minimum atomic E-state index is 0. The molecule has 0 fully saturated rings. The van der Waals surface area contributed by atoms with Crippen molar-refractivity contribution in [2.24, 2.45) is 0 Å². The van der Waals surface area contributed by atoms with Crippen molar-refractivity contribution in [2.45, 2.75) is 96.8 Å². The topological polar surface area (TPSA) is 44.2 Å². The molecule has 0 bridgehead atoms. The van der Waals surface area contributed by atoms with Crippen LogP contribution >= 0.6 is 15.9 Å². The molecule has 0 spiro atoms. The fourth-order valence-electron chi connectivity index (χ4n) is 2.29. The maximum atomic E-state index is 4.25. The first-order valence-corrected chi connectivity index (χ1v) is 9.91. The van der Waals surface area contributed by atoms with Gasteiger partial charge in [-0.2, -0.15) is 0 Å². The average molecular weight is 368 g/mol. The van der Waals surface area contributed by atoms with E-state index >= 15 is 0 Å². The van der Waals surface area contributed by atoms with Crippen molar-refractivity contribution in [3.05, 3.63) is 0 Å². The molecule has 0 aliphatic carbocycles. The highest BCUT2D eigenvalue weighted by atomic mass is 79.9. The number of alkyl halides is 1. The lowest BCUT2D eigenvalue weighted by atomic mass is 10.0. The van der Waals surface area contributed by atoms with E-state index in [1.165, 1.54) is 95.2 Å². The average Bonchev–Trinajstić information content (AvgIpc) is 2.45. The van der Waals surface area contributed by atoms with Gasteiger partial charge in [-0.25, -0.2) is 0 Å². The van der Waals surface area contributed by atoms with Crippen LogP contribution in [0, 0.1) is 0 Å². The first kappa shape index (κ1) is 26.3. The van der Waals surface area contributed by atoms with Crippen LogP contribution in [-0.4, -0.2) is 19.5 Å². The molecule has 2 nitrogen and oxygen atoms in total. The molecule has 132 valence electrons. The molecule has 0 atom stereocenters. The van der Waals surface area contributed by atoms with Crippen LogP contribution in [0.3, 0.4) is 0 Å². The third-order valence-electron chi connectivity index (χ3n) is 3.49. The molecule has 0 aromatic carbocycles. The summed E-state index contributed by atoms with van der Waals surface area (Å²) in [5.74, 6) is 0. The van der Waals surface area contributed by atoms with Crippen molar-refractivity contribution in [1.29, 1.82) is 0 Å². The van der Waals surface area contributed by atoms with E-state index in [9.17, 15) is 0 Å². The summed E-state index contributed by atoms with van der Waals surface area (Å²) in [6.07, 6.45) is 20.3. The Morgan fingerprint density at radius 2 is 0.810 bits per heavy atom. The fourth-order valence-corrected chi connectivity index (χ4v) is 2.69. The minimum Gasteiger partial charge on any atom is -0.388 e. The summed E-state index contributed by atoms with van der Waals surface area (Å²) in [7, 11) is 3.25. The van der Waals surface area contributed by atoms with Gasteiger partial charge in [0.1, 0.15) is 0 Å². The molecule has 0 radical (unpaired) electrons. The van der Waals surface area contributed by atoms with Crippen LogP contribution in [0.15, 0.2) is 0 Å². The second kappa shape index (κ2) is 28.5. The molecule has 3 heteroatoms. The molecule has 0 unspecified atom stereocenters. The molecule has 0 aromatic rings. The highest BCUT2D eigenvalue weighted by molar-refractivity contribution is 9.09. The van der Waals surface area contributed by atoms with Gasteiger partial charge < -0.3 is 10.9 Å². The lowest BCUT2D eigenvalue weighted by Crippen LogP contribution is -1.83. The molecule has 0 saturated carbocycles. The standard InChI is InChI=1S/C16H33Br.C2H6O.H3N/c1-2-3-4-5-6-7-8-9-10-11-12-13-14-15-16-17;1-3-2;/h2-16H2,1H3;1-2H3;1H3. The Hall–Kier alpha value is 0.400. The number of hydrogen-bond acceptors (Lipinski definition) is 2. The minimum absolute atomic E-state index is 0. The lowest BCUT2D eigenvalue weighted by Gasteiger charge is -2.02. The maximum absolute atomic E-state index is 4.25. The third kappa shape index (κ3) is 33.3. The zero-order valence-corrected chi connectivity index (χ0v) is 16.7. The monoisotopic (exact) mass is 367 g/mol. The van der Waals surface area contributed by atoms with Gasteiger partial charge in [0.25, 0.3) is 0 Å². The number of halogens is 1. The highest BCUT2D eigenvalue weighted by Gasteiger charge is 1.93. The van der Waals surface area contributed by atoms with Gasteiger partial charge in [0.2, 0.25) is 0 Å². The van der Waals surface area contributed by atoms with Gasteiger partial charge in [0, 0.05) is 19.5 Å². The molecule has 0 saturated heterocycles. The van der Waals surface area contributed by atoms with Crippen LogP contribution in [0.2, 0.25) is 0 Å². The number of unbranched alkanes of at least 4 members (excludes halogenated alkanes) is 13. The second-order valence-corrected chi connectivity index (χ2v) is 6.49. The Bertz CT molecular complexity index is 131. The zero-order chi connectivity index (χ0) is 15.3. The summed E-state index contributed by atoms with van der Waals surface area (Å²) >= 11 is 3.48. The predicted molar refractivity (Wildman–Crippen MR) is 102 cm³/mol. The van der Waals surface area contributed by atoms with Gasteiger partial charge in [-0.15, -0.1) is 0 Å². The first-order chi connectivity index (χ1) is 9.83. The Morgan fingerprint density at radius 3 is 1.05 bits per heavy atom. The van der Waals surface area contributed by atoms with Crippen LogP contribution in [0.5, 0.6) is 0 Å². The summed E-state index contributed by atoms with van der Waals surface area (Å²) in [5, 5.41) is 1.19. The van der Waals surface area contributed by atoms with E-state index in [1.807, 2.05) is 0 Å². The molecule has 21 heavy (non-hydrogen) atoms. The fraction of sp³-hybridized carbons (Fsp3) is 1.00. The van der Waals surface area contributed by atoms with Crippen molar-refractivity contribution in [1.82, 2.24) is 6.15 Å². The molecule has 3 N–H and O–H groups in total. The normalized spacial score (nSPS) is 9.71. The summed E-state index contributed by atoms with van der Waals surface area (Å²) < 4.78 is 4.25. The Balaban J connectivity index is -0.000000740. The molecular weight excluding hydrogens is 326 g/mol. The number of ether oxygens (including phenoxy) is 1. The van der Waals surface area contributed by atoms with Crippen molar-refractivity contribution in [3.63, 3.8) is 0 Å². The molecule has 0 heterocycles. The van der Waals surface area contributed by atoms with E-state index in [-0.39, 0.29) is 6.15 Å². The Kier molecular flexibility index (Phi) is 35.8. The molecule has 0 rings (SSSR count). The Morgan fingerprint density at radius 1 is 0.571 bits per heavy atom. The van der Waals surface area contributed by atoms with Gasteiger partial charge in [0.05, 0.1) is 0 Å². The quantitative estimate of drug-likeness (QED) is 0.258. The van der Waals surface area contributed by atoms with Crippen molar-refractivity contribution < 1.29 is 4.74 Å². The van der Waals surface area contributed by atoms with Gasteiger partial charge in [-0.1, -0.05) is 106 Å². The largest absolute Gasteiger partial charge is 0.388 e. The predicted octanol–water partition coefficient (Wildman–Crippen LogP) is 7.29. The van der Waals surface area contributed by atoms with Crippen molar-refractivity contribution >= 4 is 15.9 Å². The molecule has 0 aromatic heterocycles. The lowest BCUT2D eigenvalue weighted by molar-refractivity contribution is 0.277. The number of methoxy groups -OCH3 is 1. The summed E-state index contributed by atoms with van der Waals surface area (Å²) in [4.78, 5) is 0. The van der Waals surface area contributed by atoms with E-state index in [0.717, 1.165) is 0 Å². The summed E-state index contributed by atoms with van der Waals surface area (Å²) in [6, 6.07) is 0. The van der Waals surface area contributed by atoms with Crippen LogP contribution in [-0.2, 0) is 4.74 Å². The van der Waals surface area contributed by atoms with E-state index in [4.69, 9.17) is 0 Å². The SMILES string of the molecule is CCCCCCCCCCCCCCCCBr.COC.N. The van der Waals surface area contributed by atoms with E-state index in [2.05, 4.69) is 27.6 Å². The number of rotatable bonds is 14. The van der Waals surface area contributed by atoms with Gasteiger partial charge in [0.15, 0.2) is 0 Å².